The fraction of sp³-hybridized carbons (Fsp3) is 0.417. The number of sulfonamides is 1. The number of aliphatic carboxylic acids is 1. The molecule has 0 bridgehead atoms. The third kappa shape index (κ3) is 4.96. The molecule has 1 rings (SSSR count). The molecule has 5 nitrogen and oxygen atoms in total. The second-order valence-electron chi connectivity index (χ2n) is 4.34. The predicted octanol–water partition coefficient (Wildman–Crippen LogP) is 1.23. The highest BCUT2D eigenvalue weighted by atomic mass is 32.2. The van der Waals surface area contributed by atoms with Crippen molar-refractivity contribution < 1.29 is 22.7 Å². The van der Waals surface area contributed by atoms with E-state index < -0.39 is 21.8 Å². The quantitative estimate of drug-likeness (QED) is 0.855. The van der Waals surface area contributed by atoms with E-state index in [9.17, 15) is 17.6 Å². The van der Waals surface area contributed by atoms with Gasteiger partial charge in [-0.25, -0.2) is 17.1 Å². The van der Waals surface area contributed by atoms with E-state index in [4.69, 9.17) is 5.11 Å². The van der Waals surface area contributed by atoms with Gasteiger partial charge in [0.05, 0.1) is 6.26 Å². The second kappa shape index (κ2) is 6.12. The first-order valence-corrected chi connectivity index (χ1v) is 7.45. The number of hydrogen-bond acceptors (Lipinski definition) is 3. The molecule has 0 spiro atoms. The SMILES string of the molecule is CN(Cc1ccc(CCC(=O)O)cc1F)S(C)(=O)=O. The summed E-state index contributed by atoms with van der Waals surface area (Å²) in [5.74, 6) is -1.47. The zero-order valence-corrected chi connectivity index (χ0v) is 11.6. The fourth-order valence-electron chi connectivity index (χ4n) is 1.48. The maximum atomic E-state index is 13.8. The van der Waals surface area contributed by atoms with E-state index in [2.05, 4.69) is 0 Å². The predicted molar refractivity (Wildman–Crippen MR) is 68.7 cm³/mol. The molecule has 0 atom stereocenters. The number of halogens is 1. The summed E-state index contributed by atoms with van der Waals surface area (Å²) in [6, 6.07) is 4.33. The lowest BCUT2D eigenvalue weighted by atomic mass is 10.1. The zero-order chi connectivity index (χ0) is 14.6. The largest absolute Gasteiger partial charge is 0.481 e. The highest BCUT2D eigenvalue weighted by Crippen LogP contribution is 2.14. The lowest BCUT2D eigenvalue weighted by Crippen LogP contribution is -2.25. The highest BCUT2D eigenvalue weighted by molar-refractivity contribution is 7.88. The van der Waals surface area contributed by atoms with E-state index in [0.29, 0.717) is 5.56 Å². The zero-order valence-electron chi connectivity index (χ0n) is 10.8. The molecule has 0 saturated carbocycles. The summed E-state index contributed by atoms with van der Waals surface area (Å²) in [5, 5.41) is 8.54. The van der Waals surface area contributed by atoms with E-state index in [1.807, 2.05) is 0 Å². The van der Waals surface area contributed by atoms with E-state index in [-0.39, 0.29) is 24.9 Å². The van der Waals surface area contributed by atoms with Crippen LogP contribution in [0.4, 0.5) is 4.39 Å². The third-order valence-corrected chi connectivity index (χ3v) is 3.97. The van der Waals surface area contributed by atoms with E-state index in [1.54, 1.807) is 6.07 Å². The molecule has 19 heavy (non-hydrogen) atoms. The van der Waals surface area contributed by atoms with Crippen LogP contribution in [0.2, 0.25) is 0 Å². The first-order chi connectivity index (χ1) is 8.70. The van der Waals surface area contributed by atoms with E-state index >= 15 is 0 Å². The van der Waals surface area contributed by atoms with Crippen LogP contribution in [0.15, 0.2) is 18.2 Å². The summed E-state index contributed by atoms with van der Waals surface area (Å²) in [4.78, 5) is 10.4. The minimum atomic E-state index is -3.36. The summed E-state index contributed by atoms with van der Waals surface area (Å²) in [5.41, 5.74) is 0.831. The average Bonchev–Trinajstić information content (AvgIpc) is 2.28. The summed E-state index contributed by atoms with van der Waals surface area (Å²) < 4.78 is 37.3. The highest BCUT2D eigenvalue weighted by Gasteiger charge is 2.14. The van der Waals surface area contributed by atoms with Gasteiger partial charge in [-0.3, -0.25) is 4.79 Å². The average molecular weight is 289 g/mol. The normalized spacial score (nSPS) is 11.8. The van der Waals surface area contributed by atoms with E-state index in [1.165, 1.54) is 19.2 Å². The molecule has 1 N–H and O–H groups in total. The summed E-state index contributed by atoms with van der Waals surface area (Å²) in [6.45, 7) is -0.0517. The van der Waals surface area contributed by atoms with Gasteiger partial charge in [0.1, 0.15) is 5.82 Å². The van der Waals surface area contributed by atoms with Crippen molar-refractivity contribution in [2.45, 2.75) is 19.4 Å². The number of nitrogens with zero attached hydrogens (tertiary/aromatic N) is 1. The Kier molecular flexibility index (Phi) is 5.02. The van der Waals surface area contributed by atoms with Crippen molar-refractivity contribution in [1.29, 1.82) is 0 Å². The molecule has 7 heteroatoms. The van der Waals surface area contributed by atoms with Gasteiger partial charge >= 0.3 is 5.97 Å². The number of carboxylic acids is 1. The van der Waals surface area contributed by atoms with Crippen molar-refractivity contribution in [2.75, 3.05) is 13.3 Å². The maximum absolute atomic E-state index is 13.8. The van der Waals surface area contributed by atoms with Crippen LogP contribution in [0.5, 0.6) is 0 Å². The van der Waals surface area contributed by atoms with Crippen LogP contribution in [-0.4, -0.2) is 37.1 Å². The lowest BCUT2D eigenvalue weighted by molar-refractivity contribution is -0.136. The van der Waals surface area contributed by atoms with Crippen LogP contribution >= 0.6 is 0 Å². The van der Waals surface area contributed by atoms with Gasteiger partial charge in [-0.2, -0.15) is 0 Å². The van der Waals surface area contributed by atoms with Crippen molar-refractivity contribution in [3.05, 3.63) is 35.1 Å². The van der Waals surface area contributed by atoms with Crippen LogP contribution in [-0.2, 0) is 27.8 Å². The first-order valence-electron chi connectivity index (χ1n) is 5.60. The molecule has 0 aliphatic carbocycles. The van der Waals surface area contributed by atoms with Gasteiger partial charge in [0.25, 0.3) is 0 Å². The molecule has 0 amide bonds. The Morgan fingerprint density at radius 1 is 1.42 bits per heavy atom. The third-order valence-electron chi connectivity index (χ3n) is 2.70. The number of carbonyl (C=O) groups is 1. The molecule has 1 aromatic rings. The number of carboxylic acid groups (broad SMARTS) is 1. The van der Waals surface area contributed by atoms with Crippen LogP contribution < -0.4 is 0 Å². The number of benzene rings is 1. The Bertz CT molecular complexity index is 571. The molecule has 0 fully saturated rings. The van der Waals surface area contributed by atoms with Gasteiger partial charge in [-0.1, -0.05) is 12.1 Å². The first kappa shape index (κ1) is 15.6. The van der Waals surface area contributed by atoms with Crippen molar-refractivity contribution >= 4 is 16.0 Å². The van der Waals surface area contributed by atoms with Crippen LogP contribution in [0, 0.1) is 5.82 Å². The molecular formula is C12H16FNO4S. The summed E-state index contributed by atoms with van der Waals surface area (Å²) in [7, 11) is -1.99. The van der Waals surface area contributed by atoms with Crippen molar-refractivity contribution in [3.63, 3.8) is 0 Å². The van der Waals surface area contributed by atoms with Gasteiger partial charge in [0.15, 0.2) is 0 Å². The van der Waals surface area contributed by atoms with Crippen molar-refractivity contribution in [2.24, 2.45) is 0 Å². The van der Waals surface area contributed by atoms with Gasteiger partial charge < -0.3 is 5.11 Å². The number of hydrogen-bond donors (Lipinski definition) is 1. The molecule has 0 heterocycles. The Morgan fingerprint density at radius 3 is 2.53 bits per heavy atom. The Labute approximate surface area is 111 Å². The smallest absolute Gasteiger partial charge is 0.303 e. The molecule has 0 saturated heterocycles. The molecule has 1 aromatic carbocycles. The topological polar surface area (TPSA) is 74.7 Å². The Hall–Kier alpha value is -1.47. The fourth-order valence-corrected chi connectivity index (χ4v) is 1.86. The van der Waals surface area contributed by atoms with Crippen LogP contribution in [0.1, 0.15) is 17.5 Å². The molecule has 106 valence electrons. The van der Waals surface area contributed by atoms with Crippen molar-refractivity contribution in [3.8, 4) is 0 Å². The van der Waals surface area contributed by atoms with Crippen LogP contribution in [0.3, 0.4) is 0 Å². The monoisotopic (exact) mass is 289 g/mol. The summed E-state index contributed by atoms with van der Waals surface area (Å²) in [6.07, 6.45) is 1.22. The maximum Gasteiger partial charge on any atom is 0.303 e. The Balaban J connectivity index is 2.80. The van der Waals surface area contributed by atoms with Gasteiger partial charge in [0.2, 0.25) is 10.0 Å². The molecule has 0 unspecified atom stereocenters. The van der Waals surface area contributed by atoms with Gasteiger partial charge in [0, 0.05) is 25.6 Å². The second-order valence-corrected chi connectivity index (χ2v) is 6.43. The molecular weight excluding hydrogens is 273 g/mol. The molecule has 0 radical (unpaired) electrons. The number of aryl methyl sites for hydroxylation is 1. The molecule has 0 aliphatic rings. The van der Waals surface area contributed by atoms with E-state index in [0.717, 1.165) is 10.6 Å². The van der Waals surface area contributed by atoms with Gasteiger partial charge in [-0.15, -0.1) is 0 Å². The molecule has 0 aromatic heterocycles. The minimum absolute atomic E-state index is 0.0517. The number of rotatable bonds is 6. The van der Waals surface area contributed by atoms with Crippen LogP contribution in [0.25, 0.3) is 0 Å². The summed E-state index contributed by atoms with van der Waals surface area (Å²) >= 11 is 0. The lowest BCUT2D eigenvalue weighted by Gasteiger charge is -2.14. The van der Waals surface area contributed by atoms with Crippen molar-refractivity contribution in [1.82, 2.24) is 4.31 Å². The van der Waals surface area contributed by atoms with Gasteiger partial charge in [-0.05, 0) is 18.1 Å². The minimum Gasteiger partial charge on any atom is -0.481 e. The Morgan fingerprint density at radius 2 is 2.05 bits per heavy atom. The molecule has 0 aliphatic heterocycles. The standard InChI is InChI=1S/C12H16FNO4S/c1-14(19(2,17)18)8-10-5-3-9(7-11(10)13)4-6-12(15)16/h3,5,7H,4,6,8H2,1-2H3,(H,15,16).